The Labute approximate surface area is 222 Å². The molecule has 9 nitrogen and oxygen atoms in total. The lowest BCUT2D eigenvalue weighted by atomic mass is 10.0. The number of amides is 2. The van der Waals surface area contributed by atoms with E-state index in [1.807, 2.05) is 60.7 Å². The van der Waals surface area contributed by atoms with E-state index in [2.05, 4.69) is 10.6 Å². The predicted molar refractivity (Wildman–Crippen MR) is 142 cm³/mol. The normalized spacial score (nSPS) is 11.2. The number of esters is 1. The highest BCUT2D eigenvalue weighted by atomic mass is 16.5. The van der Waals surface area contributed by atoms with Gasteiger partial charge in [0.1, 0.15) is 19.0 Å². The smallest absolute Gasteiger partial charge is 0.411 e. The van der Waals surface area contributed by atoms with Crippen LogP contribution in [0.5, 0.6) is 5.75 Å². The lowest BCUT2D eigenvalue weighted by Gasteiger charge is -2.20. The Bertz CT molecular complexity index is 1190. The SMILES string of the molecule is CCOC(=O)CC(NC(=O)c1cc(NC(=O)OCc2ccccc2)ccc1OCCOC)c1ccccc1. The second kappa shape index (κ2) is 15.0. The van der Waals surface area contributed by atoms with Crippen LogP contribution in [0.3, 0.4) is 0 Å². The first kappa shape index (κ1) is 28.2. The van der Waals surface area contributed by atoms with Crippen molar-refractivity contribution in [3.63, 3.8) is 0 Å². The van der Waals surface area contributed by atoms with Gasteiger partial charge in [-0.25, -0.2) is 4.79 Å². The maximum absolute atomic E-state index is 13.5. The van der Waals surface area contributed by atoms with Gasteiger partial charge in [0.2, 0.25) is 0 Å². The average Bonchev–Trinajstić information content (AvgIpc) is 2.93. The van der Waals surface area contributed by atoms with Gasteiger partial charge in [-0.1, -0.05) is 60.7 Å². The Balaban J connectivity index is 1.78. The molecule has 0 radical (unpaired) electrons. The van der Waals surface area contributed by atoms with Crippen molar-refractivity contribution >= 4 is 23.7 Å². The maximum Gasteiger partial charge on any atom is 0.411 e. The van der Waals surface area contributed by atoms with Crippen LogP contribution < -0.4 is 15.4 Å². The molecular weight excluding hydrogens is 488 g/mol. The van der Waals surface area contributed by atoms with Gasteiger partial charge in [0.25, 0.3) is 5.91 Å². The Morgan fingerprint density at radius 1 is 0.868 bits per heavy atom. The summed E-state index contributed by atoms with van der Waals surface area (Å²) in [6.07, 6.45) is -0.717. The van der Waals surface area contributed by atoms with Crippen molar-refractivity contribution in [1.29, 1.82) is 0 Å². The second-order valence-electron chi connectivity index (χ2n) is 8.18. The highest BCUT2D eigenvalue weighted by Gasteiger charge is 2.22. The molecule has 0 fully saturated rings. The van der Waals surface area contributed by atoms with Crippen molar-refractivity contribution in [3.05, 3.63) is 95.6 Å². The zero-order chi connectivity index (χ0) is 27.2. The largest absolute Gasteiger partial charge is 0.490 e. The van der Waals surface area contributed by atoms with E-state index in [4.69, 9.17) is 18.9 Å². The van der Waals surface area contributed by atoms with Crippen molar-refractivity contribution in [2.45, 2.75) is 26.0 Å². The highest BCUT2D eigenvalue weighted by molar-refractivity contribution is 5.99. The summed E-state index contributed by atoms with van der Waals surface area (Å²) in [5.74, 6) is -0.627. The summed E-state index contributed by atoms with van der Waals surface area (Å²) in [7, 11) is 1.55. The fourth-order valence-electron chi connectivity index (χ4n) is 3.58. The van der Waals surface area contributed by atoms with Crippen LogP contribution in [0.1, 0.15) is 40.9 Å². The first-order valence-corrected chi connectivity index (χ1v) is 12.2. The zero-order valence-electron chi connectivity index (χ0n) is 21.5. The molecule has 0 spiro atoms. The number of carbonyl (C=O) groups excluding carboxylic acids is 3. The molecule has 1 unspecified atom stereocenters. The van der Waals surface area contributed by atoms with Gasteiger partial charge in [0.15, 0.2) is 0 Å². The molecule has 0 saturated carbocycles. The number of methoxy groups -OCH3 is 1. The molecule has 38 heavy (non-hydrogen) atoms. The minimum atomic E-state index is -0.669. The van der Waals surface area contributed by atoms with E-state index >= 15 is 0 Å². The standard InChI is InChI=1S/C29H32N2O7/c1-3-36-27(32)19-25(22-12-8-5-9-13-22)31-28(33)24-18-23(14-15-26(24)37-17-16-35-2)30-29(34)38-20-21-10-6-4-7-11-21/h4-15,18,25H,3,16-17,19-20H2,1-2H3,(H,30,34)(H,31,33). The quantitative estimate of drug-likeness (QED) is 0.244. The molecule has 9 heteroatoms. The third kappa shape index (κ3) is 8.94. The first-order chi connectivity index (χ1) is 18.5. The summed E-state index contributed by atoms with van der Waals surface area (Å²) in [5.41, 5.74) is 2.10. The Morgan fingerprint density at radius 3 is 2.26 bits per heavy atom. The summed E-state index contributed by atoms with van der Waals surface area (Å²) < 4.78 is 21.2. The number of hydrogen-bond acceptors (Lipinski definition) is 7. The minimum absolute atomic E-state index is 0.0484. The summed E-state index contributed by atoms with van der Waals surface area (Å²) in [6, 6.07) is 22.5. The molecule has 200 valence electrons. The van der Waals surface area contributed by atoms with Crippen LogP contribution in [0.15, 0.2) is 78.9 Å². The fraction of sp³-hybridized carbons (Fsp3) is 0.276. The molecule has 0 aromatic heterocycles. The van der Waals surface area contributed by atoms with Crippen molar-refractivity contribution < 1.29 is 33.3 Å². The molecule has 0 heterocycles. The topological polar surface area (TPSA) is 112 Å². The molecule has 0 aliphatic carbocycles. The first-order valence-electron chi connectivity index (χ1n) is 12.2. The van der Waals surface area contributed by atoms with Crippen LogP contribution in [0.25, 0.3) is 0 Å². The number of hydrogen-bond donors (Lipinski definition) is 2. The summed E-state index contributed by atoms with van der Waals surface area (Å²) in [6.45, 7) is 2.60. The molecule has 0 saturated heterocycles. The van der Waals surface area contributed by atoms with Gasteiger partial charge < -0.3 is 24.3 Å². The van der Waals surface area contributed by atoms with Crippen molar-refractivity contribution in [2.24, 2.45) is 0 Å². The molecular formula is C29H32N2O7. The molecule has 1 atom stereocenters. The van der Waals surface area contributed by atoms with Crippen LogP contribution in [-0.2, 0) is 25.6 Å². The van der Waals surface area contributed by atoms with E-state index in [0.29, 0.717) is 18.0 Å². The van der Waals surface area contributed by atoms with Gasteiger partial charge in [0.05, 0.1) is 31.2 Å². The number of rotatable bonds is 13. The van der Waals surface area contributed by atoms with Gasteiger partial charge in [-0.3, -0.25) is 14.9 Å². The Kier molecular flexibility index (Phi) is 11.1. The lowest BCUT2D eigenvalue weighted by Crippen LogP contribution is -2.31. The lowest BCUT2D eigenvalue weighted by molar-refractivity contribution is -0.143. The van der Waals surface area contributed by atoms with Crippen LogP contribution in [0.4, 0.5) is 10.5 Å². The van der Waals surface area contributed by atoms with Gasteiger partial charge in [0, 0.05) is 12.8 Å². The molecule has 0 aliphatic rings. The van der Waals surface area contributed by atoms with E-state index in [-0.39, 0.29) is 31.8 Å². The molecule has 2 amide bonds. The number of benzene rings is 3. The molecule has 0 bridgehead atoms. The summed E-state index contributed by atoms with van der Waals surface area (Å²) in [5, 5.41) is 5.54. The zero-order valence-corrected chi connectivity index (χ0v) is 21.5. The number of carbonyl (C=O) groups is 3. The van der Waals surface area contributed by atoms with Gasteiger partial charge in [-0.2, -0.15) is 0 Å². The number of nitrogens with one attached hydrogen (secondary N) is 2. The molecule has 0 aliphatic heterocycles. The van der Waals surface area contributed by atoms with E-state index in [1.165, 1.54) is 6.07 Å². The fourth-order valence-corrected chi connectivity index (χ4v) is 3.58. The van der Waals surface area contributed by atoms with Crippen molar-refractivity contribution in [3.8, 4) is 5.75 Å². The third-order valence-corrected chi connectivity index (χ3v) is 5.41. The molecule has 3 aromatic carbocycles. The summed E-state index contributed by atoms with van der Waals surface area (Å²) >= 11 is 0. The van der Waals surface area contributed by atoms with E-state index in [0.717, 1.165) is 11.1 Å². The van der Waals surface area contributed by atoms with Crippen LogP contribution in [0.2, 0.25) is 0 Å². The van der Waals surface area contributed by atoms with Crippen LogP contribution in [-0.4, -0.2) is 44.9 Å². The molecule has 2 N–H and O–H groups in total. The van der Waals surface area contributed by atoms with Gasteiger partial charge in [-0.05, 0) is 36.2 Å². The predicted octanol–water partition coefficient (Wildman–Crippen LogP) is 4.88. The van der Waals surface area contributed by atoms with Gasteiger partial charge >= 0.3 is 12.1 Å². The van der Waals surface area contributed by atoms with E-state index < -0.39 is 24.0 Å². The Morgan fingerprint density at radius 2 is 1.58 bits per heavy atom. The van der Waals surface area contributed by atoms with Crippen molar-refractivity contribution in [1.82, 2.24) is 5.32 Å². The second-order valence-corrected chi connectivity index (χ2v) is 8.18. The third-order valence-electron chi connectivity index (χ3n) is 5.41. The number of anilines is 1. The van der Waals surface area contributed by atoms with Crippen LogP contribution in [0, 0.1) is 0 Å². The highest BCUT2D eigenvalue weighted by Crippen LogP contribution is 2.26. The van der Waals surface area contributed by atoms with Crippen molar-refractivity contribution in [2.75, 3.05) is 32.2 Å². The molecule has 3 aromatic rings. The Hall–Kier alpha value is -4.37. The number of ether oxygens (including phenoxy) is 4. The maximum atomic E-state index is 13.5. The summed E-state index contributed by atoms with van der Waals surface area (Å²) in [4.78, 5) is 38.1. The van der Waals surface area contributed by atoms with Crippen LogP contribution >= 0.6 is 0 Å². The monoisotopic (exact) mass is 520 g/mol. The molecule has 3 rings (SSSR count). The minimum Gasteiger partial charge on any atom is -0.490 e. The average molecular weight is 521 g/mol. The van der Waals surface area contributed by atoms with E-state index in [9.17, 15) is 14.4 Å². The van der Waals surface area contributed by atoms with Gasteiger partial charge in [-0.15, -0.1) is 0 Å². The van der Waals surface area contributed by atoms with E-state index in [1.54, 1.807) is 26.2 Å².